The number of carbonyl (C=O) groups excluding carboxylic acids is 1. The van der Waals surface area contributed by atoms with Gasteiger partial charge in [0, 0.05) is 23.9 Å². The first-order valence-corrected chi connectivity index (χ1v) is 8.76. The molecule has 2 aromatic heterocycles. The van der Waals surface area contributed by atoms with Gasteiger partial charge in [-0.05, 0) is 53.9 Å². The van der Waals surface area contributed by atoms with Crippen LogP contribution in [0.5, 0.6) is 0 Å². The lowest BCUT2D eigenvalue weighted by Crippen LogP contribution is -2.42. The van der Waals surface area contributed by atoms with Crippen molar-refractivity contribution in [2.24, 2.45) is 0 Å². The monoisotopic (exact) mass is 346 g/mol. The predicted molar refractivity (Wildman–Crippen MR) is 94.8 cm³/mol. The fourth-order valence-corrected chi connectivity index (χ4v) is 3.19. The van der Waals surface area contributed by atoms with Gasteiger partial charge in [0.1, 0.15) is 11.2 Å². The third-order valence-electron chi connectivity index (χ3n) is 4.59. The number of aromatic amines is 1. The Balaban J connectivity index is 1.98. The van der Waals surface area contributed by atoms with Crippen LogP contribution in [0.15, 0.2) is 10.9 Å². The van der Waals surface area contributed by atoms with Crippen LogP contribution >= 0.6 is 0 Å². The van der Waals surface area contributed by atoms with E-state index in [1.165, 1.54) is 4.52 Å². The number of likely N-dealkylation sites (tertiary alicyclic amines) is 1. The molecular weight excluding hydrogens is 320 g/mol. The van der Waals surface area contributed by atoms with E-state index in [0.717, 1.165) is 30.7 Å². The average molecular weight is 346 g/mol. The second kappa shape index (κ2) is 6.20. The number of rotatable bonds is 1. The number of amides is 1. The summed E-state index contributed by atoms with van der Waals surface area (Å²) in [5.41, 5.74) is 2.19. The fraction of sp³-hybridized carbons (Fsp3) is 0.611. The lowest BCUT2D eigenvalue weighted by molar-refractivity contribution is 0.00897. The zero-order valence-electron chi connectivity index (χ0n) is 15.5. The molecule has 1 atom stereocenters. The summed E-state index contributed by atoms with van der Waals surface area (Å²) in [6, 6.07) is 1.69. The number of nitrogens with one attached hydrogen (secondary N) is 1. The van der Waals surface area contributed by atoms with E-state index in [2.05, 4.69) is 10.1 Å². The summed E-state index contributed by atoms with van der Waals surface area (Å²) in [7, 11) is 0. The molecule has 0 spiro atoms. The summed E-state index contributed by atoms with van der Waals surface area (Å²) in [6.45, 7) is 9.87. The standard InChI is InChI=1S/C18H26N4O3/c1-11-12(2)19-15-10-13(20-22(15)16(11)23)14-8-6-7-9-21(14)17(24)25-18(3,4)5/h10,14,19H,6-9H2,1-5H3/t14-/m1/s1. The number of hydrogen-bond acceptors (Lipinski definition) is 4. The van der Waals surface area contributed by atoms with Crippen molar-refractivity contribution < 1.29 is 9.53 Å². The van der Waals surface area contributed by atoms with Gasteiger partial charge in [0.15, 0.2) is 0 Å². The molecule has 7 heteroatoms. The van der Waals surface area contributed by atoms with Gasteiger partial charge < -0.3 is 9.72 Å². The largest absolute Gasteiger partial charge is 0.444 e. The van der Waals surface area contributed by atoms with Gasteiger partial charge in [-0.2, -0.15) is 9.61 Å². The van der Waals surface area contributed by atoms with Crippen molar-refractivity contribution in [2.75, 3.05) is 6.54 Å². The van der Waals surface area contributed by atoms with Gasteiger partial charge in [-0.25, -0.2) is 4.79 Å². The van der Waals surface area contributed by atoms with Gasteiger partial charge in [-0.3, -0.25) is 9.69 Å². The minimum absolute atomic E-state index is 0.128. The molecular formula is C18H26N4O3. The minimum atomic E-state index is -0.540. The summed E-state index contributed by atoms with van der Waals surface area (Å²) < 4.78 is 6.94. The molecule has 0 radical (unpaired) electrons. The molecule has 0 bridgehead atoms. The van der Waals surface area contributed by atoms with Gasteiger partial charge in [0.25, 0.3) is 5.56 Å². The predicted octanol–water partition coefficient (Wildman–Crippen LogP) is 3.10. The molecule has 1 N–H and O–H groups in total. The van der Waals surface area contributed by atoms with Crippen LogP contribution < -0.4 is 5.56 Å². The van der Waals surface area contributed by atoms with Crippen molar-refractivity contribution in [1.82, 2.24) is 19.5 Å². The van der Waals surface area contributed by atoms with Crippen LogP contribution in [0.2, 0.25) is 0 Å². The Morgan fingerprint density at radius 3 is 2.72 bits per heavy atom. The zero-order valence-corrected chi connectivity index (χ0v) is 15.5. The third kappa shape index (κ3) is 3.41. The SMILES string of the molecule is Cc1[nH]c2cc([C@H]3CCCCN3C(=O)OC(C)(C)C)nn2c(=O)c1C. The fourth-order valence-electron chi connectivity index (χ4n) is 3.19. The smallest absolute Gasteiger partial charge is 0.410 e. The molecule has 0 saturated carbocycles. The first kappa shape index (κ1) is 17.5. The van der Waals surface area contributed by atoms with Crippen LogP contribution in [0.25, 0.3) is 5.65 Å². The van der Waals surface area contributed by atoms with Crippen LogP contribution in [-0.2, 0) is 4.74 Å². The van der Waals surface area contributed by atoms with Crippen LogP contribution in [0, 0.1) is 13.8 Å². The van der Waals surface area contributed by atoms with Crippen molar-refractivity contribution >= 4 is 11.7 Å². The van der Waals surface area contributed by atoms with Gasteiger partial charge in [-0.1, -0.05) is 0 Å². The normalized spacial score (nSPS) is 18.6. The zero-order chi connectivity index (χ0) is 18.4. The molecule has 1 aliphatic rings. The maximum absolute atomic E-state index is 12.6. The Bertz CT molecular complexity index is 860. The number of fused-ring (bicyclic) bond motifs is 1. The molecule has 0 unspecified atom stereocenters. The number of hydrogen-bond donors (Lipinski definition) is 1. The Morgan fingerprint density at radius 1 is 1.32 bits per heavy atom. The number of ether oxygens (including phenoxy) is 1. The van der Waals surface area contributed by atoms with Gasteiger partial charge in [0.2, 0.25) is 0 Å². The summed E-state index contributed by atoms with van der Waals surface area (Å²) >= 11 is 0. The van der Waals surface area contributed by atoms with E-state index in [0.29, 0.717) is 17.8 Å². The Hall–Kier alpha value is -2.31. The molecule has 1 fully saturated rings. The molecule has 1 amide bonds. The summed E-state index contributed by atoms with van der Waals surface area (Å²) in [4.78, 5) is 30.0. The molecule has 25 heavy (non-hydrogen) atoms. The van der Waals surface area contributed by atoms with Gasteiger partial charge >= 0.3 is 6.09 Å². The maximum atomic E-state index is 12.6. The summed E-state index contributed by atoms with van der Waals surface area (Å²) in [6.07, 6.45) is 2.45. The van der Waals surface area contributed by atoms with Gasteiger partial charge in [0.05, 0.1) is 11.7 Å². The Morgan fingerprint density at radius 2 is 2.04 bits per heavy atom. The van der Waals surface area contributed by atoms with Crippen LogP contribution in [-0.4, -0.2) is 37.7 Å². The van der Waals surface area contributed by atoms with E-state index in [4.69, 9.17) is 4.74 Å². The molecule has 1 aliphatic heterocycles. The van der Waals surface area contributed by atoms with Crippen LogP contribution in [0.1, 0.15) is 63.0 Å². The minimum Gasteiger partial charge on any atom is -0.444 e. The molecule has 136 valence electrons. The second-order valence-corrected chi connectivity index (χ2v) is 7.73. The van der Waals surface area contributed by atoms with Crippen molar-refractivity contribution in [3.8, 4) is 0 Å². The van der Waals surface area contributed by atoms with E-state index in [1.807, 2.05) is 33.8 Å². The number of piperidine rings is 1. The summed E-state index contributed by atoms with van der Waals surface area (Å²) in [5.74, 6) is 0. The van der Waals surface area contributed by atoms with Crippen LogP contribution in [0.3, 0.4) is 0 Å². The molecule has 3 rings (SSSR count). The van der Waals surface area contributed by atoms with Gasteiger partial charge in [-0.15, -0.1) is 0 Å². The van der Waals surface area contributed by atoms with E-state index in [1.54, 1.807) is 11.8 Å². The number of carbonyl (C=O) groups is 1. The van der Waals surface area contributed by atoms with E-state index >= 15 is 0 Å². The van der Waals surface area contributed by atoms with Crippen molar-refractivity contribution in [3.05, 3.63) is 33.4 Å². The highest BCUT2D eigenvalue weighted by Gasteiger charge is 2.33. The maximum Gasteiger partial charge on any atom is 0.410 e. The quantitative estimate of drug-likeness (QED) is 0.860. The molecule has 0 aromatic carbocycles. The topological polar surface area (TPSA) is 79.7 Å². The lowest BCUT2D eigenvalue weighted by Gasteiger charge is -2.35. The van der Waals surface area contributed by atoms with Crippen molar-refractivity contribution in [2.45, 2.75) is 65.5 Å². The third-order valence-corrected chi connectivity index (χ3v) is 4.59. The highest BCUT2D eigenvalue weighted by atomic mass is 16.6. The average Bonchev–Trinajstić information content (AvgIpc) is 2.95. The Labute approximate surface area is 147 Å². The van der Waals surface area contributed by atoms with Crippen molar-refractivity contribution in [3.63, 3.8) is 0 Å². The highest BCUT2D eigenvalue weighted by Crippen LogP contribution is 2.31. The molecule has 0 aliphatic carbocycles. The second-order valence-electron chi connectivity index (χ2n) is 7.73. The van der Waals surface area contributed by atoms with E-state index in [-0.39, 0.29) is 17.7 Å². The lowest BCUT2D eigenvalue weighted by atomic mass is 10.00. The molecule has 2 aromatic rings. The highest BCUT2D eigenvalue weighted by molar-refractivity contribution is 5.69. The molecule has 3 heterocycles. The Kier molecular flexibility index (Phi) is 4.34. The first-order chi connectivity index (χ1) is 11.7. The van der Waals surface area contributed by atoms with E-state index in [9.17, 15) is 9.59 Å². The number of H-pyrrole nitrogens is 1. The van der Waals surface area contributed by atoms with E-state index < -0.39 is 5.60 Å². The summed E-state index contributed by atoms with van der Waals surface area (Å²) in [5, 5.41) is 4.49. The molecule has 7 nitrogen and oxygen atoms in total. The van der Waals surface area contributed by atoms with Crippen LogP contribution in [0.4, 0.5) is 4.79 Å². The molecule has 1 saturated heterocycles. The number of aryl methyl sites for hydroxylation is 1. The number of aromatic nitrogens is 3. The number of nitrogens with zero attached hydrogens (tertiary/aromatic N) is 3. The first-order valence-electron chi connectivity index (χ1n) is 8.76. The van der Waals surface area contributed by atoms with Crippen molar-refractivity contribution in [1.29, 1.82) is 0 Å².